The van der Waals surface area contributed by atoms with Crippen molar-refractivity contribution in [2.75, 3.05) is 0 Å². The van der Waals surface area contributed by atoms with Crippen LogP contribution in [0.15, 0.2) is 58.1 Å². The molecule has 0 atom stereocenters. The van der Waals surface area contributed by atoms with Crippen LogP contribution < -0.4 is 10.2 Å². The first-order valence-corrected chi connectivity index (χ1v) is 8.85. The summed E-state index contributed by atoms with van der Waals surface area (Å²) in [6.45, 7) is 0. The van der Waals surface area contributed by atoms with Gasteiger partial charge >= 0.3 is 11.9 Å². The Kier molecular flexibility index (Phi) is 7.69. The maximum absolute atomic E-state index is 12.3. The lowest BCUT2D eigenvalue weighted by atomic mass is 10.2. The van der Waals surface area contributed by atoms with Crippen LogP contribution in [0.3, 0.4) is 0 Å². The van der Waals surface area contributed by atoms with Gasteiger partial charge in [-0.25, -0.2) is 5.43 Å². The normalized spacial score (nSPS) is 10.6. The Bertz CT molecular complexity index is 849. The van der Waals surface area contributed by atoms with Gasteiger partial charge in [-0.2, -0.15) is 5.10 Å². The van der Waals surface area contributed by atoms with E-state index in [0.717, 1.165) is 10.0 Å². The number of hydrogen-bond donors (Lipinski definition) is 2. The number of ether oxygens (including phenoxy) is 1. The van der Waals surface area contributed by atoms with E-state index < -0.39 is 17.8 Å². The van der Waals surface area contributed by atoms with Gasteiger partial charge in [-0.1, -0.05) is 40.2 Å². The molecule has 0 radical (unpaired) electrons. The first-order valence-electron chi connectivity index (χ1n) is 8.06. The second kappa shape index (κ2) is 10.2. The van der Waals surface area contributed by atoms with E-state index in [2.05, 4.69) is 26.5 Å². The van der Waals surface area contributed by atoms with Crippen LogP contribution in [0.5, 0.6) is 5.75 Å². The molecule has 2 N–H and O–H groups in total. The Labute approximate surface area is 164 Å². The molecule has 2 rings (SSSR count). The van der Waals surface area contributed by atoms with Crippen molar-refractivity contribution in [1.82, 2.24) is 5.43 Å². The number of carbonyl (C=O) groups is 3. The summed E-state index contributed by atoms with van der Waals surface area (Å²) >= 11 is 3.33. The summed E-state index contributed by atoms with van der Waals surface area (Å²) in [6, 6.07) is 13.6. The summed E-state index contributed by atoms with van der Waals surface area (Å²) in [5.41, 5.74) is 3.34. The van der Waals surface area contributed by atoms with Crippen LogP contribution in [0.25, 0.3) is 0 Å². The molecule has 0 heterocycles. The van der Waals surface area contributed by atoms with Crippen LogP contribution in [0.2, 0.25) is 0 Å². The lowest BCUT2D eigenvalue weighted by molar-refractivity contribution is -0.137. The summed E-state index contributed by atoms with van der Waals surface area (Å²) in [5.74, 6) is -2.02. The Morgan fingerprint density at radius 1 is 1.07 bits per heavy atom. The Morgan fingerprint density at radius 2 is 1.78 bits per heavy atom. The standard InChI is InChI=1S/C19H17BrN2O5/c20-14-10-8-13(9-11-14)12-21-22-19(26)15-4-1-2-5-16(15)27-18(25)7-3-6-17(23)24/h1-2,4-5,8-12H,3,6-7H2,(H,22,26)(H,23,24). The van der Waals surface area contributed by atoms with E-state index in [9.17, 15) is 14.4 Å². The van der Waals surface area contributed by atoms with E-state index in [4.69, 9.17) is 9.84 Å². The van der Waals surface area contributed by atoms with Crippen molar-refractivity contribution >= 4 is 40.0 Å². The predicted octanol–water partition coefficient (Wildman–Crippen LogP) is 3.37. The molecule has 140 valence electrons. The van der Waals surface area contributed by atoms with Crippen LogP contribution in [0, 0.1) is 0 Å². The molecule has 27 heavy (non-hydrogen) atoms. The molecular weight excluding hydrogens is 416 g/mol. The molecule has 7 nitrogen and oxygen atoms in total. The number of benzene rings is 2. The lowest BCUT2D eigenvalue weighted by Crippen LogP contribution is -2.20. The highest BCUT2D eigenvalue weighted by Crippen LogP contribution is 2.19. The molecule has 0 bridgehead atoms. The number of amides is 1. The number of carboxylic acid groups (broad SMARTS) is 1. The molecule has 2 aromatic rings. The van der Waals surface area contributed by atoms with Crippen LogP contribution >= 0.6 is 15.9 Å². The Morgan fingerprint density at radius 3 is 2.48 bits per heavy atom. The van der Waals surface area contributed by atoms with Gasteiger partial charge in [0.25, 0.3) is 5.91 Å². The maximum Gasteiger partial charge on any atom is 0.311 e. The fourth-order valence-corrected chi connectivity index (χ4v) is 2.34. The summed E-state index contributed by atoms with van der Waals surface area (Å²) in [4.78, 5) is 34.6. The van der Waals surface area contributed by atoms with Crippen LogP contribution in [0.1, 0.15) is 35.2 Å². The van der Waals surface area contributed by atoms with E-state index in [-0.39, 0.29) is 30.6 Å². The van der Waals surface area contributed by atoms with Gasteiger partial charge in [0, 0.05) is 17.3 Å². The molecule has 0 saturated carbocycles. The highest BCUT2D eigenvalue weighted by molar-refractivity contribution is 9.10. The zero-order chi connectivity index (χ0) is 19.6. The number of nitrogens with zero attached hydrogens (tertiary/aromatic N) is 1. The van der Waals surface area contributed by atoms with E-state index in [1.807, 2.05) is 24.3 Å². The minimum absolute atomic E-state index is 0.0516. The molecule has 0 fully saturated rings. The fraction of sp³-hybridized carbons (Fsp3) is 0.158. The largest absolute Gasteiger partial charge is 0.481 e. The molecule has 0 aliphatic rings. The van der Waals surface area contributed by atoms with E-state index in [1.54, 1.807) is 12.1 Å². The highest BCUT2D eigenvalue weighted by atomic mass is 79.9. The summed E-state index contributed by atoms with van der Waals surface area (Å²) in [6.07, 6.45) is 1.48. The van der Waals surface area contributed by atoms with Gasteiger partial charge in [0.1, 0.15) is 5.75 Å². The molecule has 0 unspecified atom stereocenters. The molecule has 1 amide bonds. The number of aliphatic carboxylic acids is 1. The monoisotopic (exact) mass is 432 g/mol. The van der Waals surface area contributed by atoms with Gasteiger partial charge in [0.15, 0.2) is 0 Å². The lowest BCUT2D eigenvalue weighted by Gasteiger charge is -2.08. The minimum atomic E-state index is -0.980. The number of carbonyl (C=O) groups excluding carboxylic acids is 2. The summed E-state index contributed by atoms with van der Waals surface area (Å²) < 4.78 is 6.11. The van der Waals surface area contributed by atoms with Crippen molar-refractivity contribution in [2.24, 2.45) is 5.10 Å². The van der Waals surface area contributed by atoms with Crippen molar-refractivity contribution in [3.05, 3.63) is 64.1 Å². The average Bonchev–Trinajstić information content (AvgIpc) is 2.63. The number of para-hydroxylation sites is 1. The topological polar surface area (TPSA) is 105 Å². The molecule has 0 aliphatic heterocycles. The van der Waals surface area contributed by atoms with Gasteiger partial charge in [-0.05, 0) is 36.2 Å². The van der Waals surface area contributed by atoms with Gasteiger partial charge in [-0.15, -0.1) is 0 Å². The fourth-order valence-electron chi connectivity index (χ4n) is 2.08. The number of nitrogens with one attached hydrogen (secondary N) is 1. The SMILES string of the molecule is O=C(O)CCCC(=O)Oc1ccccc1C(=O)NN=Cc1ccc(Br)cc1. The van der Waals surface area contributed by atoms with Crippen molar-refractivity contribution in [3.63, 3.8) is 0 Å². The molecule has 0 saturated heterocycles. The molecular formula is C19H17BrN2O5. The van der Waals surface area contributed by atoms with Crippen molar-refractivity contribution in [3.8, 4) is 5.75 Å². The Hall–Kier alpha value is -3.00. The van der Waals surface area contributed by atoms with E-state index in [1.165, 1.54) is 18.3 Å². The molecule has 0 aromatic heterocycles. The van der Waals surface area contributed by atoms with Gasteiger partial charge in [-0.3, -0.25) is 14.4 Å². The molecule has 8 heteroatoms. The van der Waals surface area contributed by atoms with E-state index in [0.29, 0.717) is 0 Å². The highest BCUT2D eigenvalue weighted by Gasteiger charge is 2.14. The number of hydrazone groups is 1. The third-order valence-corrected chi connectivity index (χ3v) is 3.91. The zero-order valence-electron chi connectivity index (χ0n) is 14.2. The number of hydrogen-bond acceptors (Lipinski definition) is 5. The van der Waals surface area contributed by atoms with Crippen molar-refractivity contribution in [2.45, 2.75) is 19.3 Å². The second-order valence-corrected chi connectivity index (χ2v) is 6.38. The number of esters is 1. The zero-order valence-corrected chi connectivity index (χ0v) is 15.8. The van der Waals surface area contributed by atoms with Gasteiger partial charge in [0.2, 0.25) is 0 Å². The Balaban J connectivity index is 1.97. The number of rotatable bonds is 8. The van der Waals surface area contributed by atoms with E-state index >= 15 is 0 Å². The van der Waals surface area contributed by atoms with Crippen molar-refractivity contribution in [1.29, 1.82) is 0 Å². The maximum atomic E-state index is 12.3. The first-order chi connectivity index (χ1) is 13.0. The number of halogens is 1. The second-order valence-electron chi connectivity index (χ2n) is 5.47. The number of carboxylic acids is 1. The molecule has 2 aromatic carbocycles. The van der Waals surface area contributed by atoms with Gasteiger partial charge in [0.05, 0.1) is 11.8 Å². The minimum Gasteiger partial charge on any atom is -0.481 e. The van der Waals surface area contributed by atoms with Gasteiger partial charge < -0.3 is 9.84 Å². The quantitative estimate of drug-likeness (QED) is 0.288. The molecule has 0 aliphatic carbocycles. The molecule has 0 spiro atoms. The van der Waals surface area contributed by atoms with Crippen LogP contribution in [-0.2, 0) is 9.59 Å². The third-order valence-electron chi connectivity index (χ3n) is 3.38. The first kappa shape index (κ1) is 20.3. The van der Waals surface area contributed by atoms with Crippen molar-refractivity contribution < 1.29 is 24.2 Å². The smallest absolute Gasteiger partial charge is 0.311 e. The van der Waals surface area contributed by atoms with Crippen LogP contribution in [0.4, 0.5) is 0 Å². The third kappa shape index (κ3) is 7.02. The summed E-state index contributed by atoms with van der Waals surface area (Å²) in [7, 11) is 0. The average molecular weight is 433 g/mol. The predicted molar refractivity (Wildman–Crippen MR) is 103 cm³/mol. The summed E-state index contributed by atoms with van der Waals surface area (Å²) in [5, 5.41) is 12.5. The van der Waals surface area contributed by atoms with Crippen LogP contribution in [-0.4, -0.2) is 29.2 Å².